The molecular formula is C13H23NO4. The van der Waals surface area contributed by atoms with Gasteiger partial charge in [-0.05, 0) is 25.2 Å². The van der Waals surface area contributed by atoms with Crippen molar-refractivity contribution < 1.29 is 19.4 Å². The molecule has 0 bridgehead atoms. The van der Waals surface area contributed by atoms with Gasteiger partial charge >= 0.3 is 5.97 Å². The Labute approximate surface area is 108 Å². The van der Waals surface area contributed by atoms with E-state index in [1.165, 1.54) is 0 Å². The molecule has 18 heavy (non-hydrogen) atoms. The number of hydrogen-bond acceptors (Lipinski definition) is 3. The molecule has 104 valence electrons. The Kier molecular flexibility index (Phi) is 6.72. The molecule has 0 spiro atoms. The van der Waals surface area contributed by atoms with E-state index < -0.39 is 5.97 Å². The van der Waals surface area contributed by atoms with Gasteiger partial charge in [0.05, 0.1) is 12.5 Å². The van der Waals surface area contributed by atoms with E-state index in [1.807, 2.05) is 6.92 Å². The third kappa shape index (κ3) is 5.04. The van der Waals surface area contributed by atoms with Gasteiger partial charge in [-0.1, -0.05) is 13.3 Å². The molecule has 1 rings (SSSR count). The van der Waals surface area contributed by atoms with Crippen LogP contribution in [0.4, 0.5) is 0 Å². The van der Waals surface area contributed by atoms with Crippen LogP contribution in [0.1, 0.15) is 39.0 Å². The van der Waals surface area contributed by atoms with Crippen molar-refractivity contribution in [3.05, 3.63) is 0 Å². The van der Waals surface area contributed by atoms with Crippen LogP contribution in [0.3, 0.4) is 0 Å². The molecule has 0 aromatic heterocycles. The van der Waals surface area contributed by atoms with Crippen molar-refractivity contribution in [2.24, 2.45) is 11.8 Å². The summed E-state index contributed by atoms with van der Waals surface area (Å²) in [6, 6.07) is 0. The van der Waals surface area contributed by atoms with Gasteiger partial charge in [0.25, 0.3) is 0 Å². The van der Waals surface area contributed by atoms with Crippen LogP contribution in [0.15, 0.2) is 0 Å². The van der Waals surface area contributed by atoms with Crippen LogP contribution in [-0.2, 0) is 14.3 Å². The van der Waals surface area contributed by atoms with Gasteiger partial charge in [-0.15, -0.1) is 0 Å². The molecule has 1 saturated carbocycles. The fourth-order valence-corrected chi connectivity index (χ4v) is 2.35. The fourth-order valence-electron chi connectivity index (χ4n) is 2.35. The Morgan fingerprint density at radius 1 is 1.33 bits per heavy atom. The smallest absolute Gasteiger partial charge is 0.306 e. The molecule has 5 heteroatoms. The second-order valence-corrected chi connectivity index (χ2v) is 4.80. The molecule has 0 aliphatic heterocycles. The minimum absolute atomic E-state index is 0.0536. The van der Waals surface area contributed by atoms with Gasteiger partial charge in [-0.25, -0.2) is 0 Å². The number of nitrogens with one attached hydrogen (secondary N) is 1. The number of aliphatic carboxylic acids is 1. The summed E-state index contributed by atoms with van der Waals surface area (Å²) >= 11 is 0. The van der Waals surface area contributed by atoms with E-state index in [4.69, 9.17) is 9.84 Å². The predicted molar refractivity (Wildman–Crippen MR) is 67.2 cm³/mol. The Morgan fingerprint density at radius 3 is 2.78 bits per heavy atom. The maximum absolute atomic E-state index is 11.5. The lowest BCUT2D eigenvalue weighted by atomic mass is 9.96. The molecule has 2 N–H and O–H groups in total. The molecule has 5 nitrogen and oxygen atoms in total. The average molecular weight is 257 g/mol. The molecule has 2 unspecified atom stereocenters. The van der Waals surface area contributed by atoms with Gasteiger partial charge in [0.15, 0.2) is 0 Å². The molecule has 1 fully saturated rings. The first kappa shape index (κ1) is 15.0. The molecule has 0 radical (unpaired) electrons. The average Bonchev–Trinajstić information content (AvgIpc) is 2.80. The van der Waals surface area contributed by atoms with Gasteiger partial charge in [0, 0.05) is 19.6 Å². The molecule has 2 atom stereocenters. The summed E-state index contributed by atoms with van der Waals surface area (Å²) in [6.07, 6.45) is 3.87. The Bertz CT molecular complexity index is 280. The van der Waals surface area contributed by atoms with Crippen molar-refractivity contribution >= 4 is 11.9 Å². The van der Waals surface area contributed by atoms with Gasteiger partial charge in [-0.3, -0.25) is 9.59 Å². The summed E-state index contributed by atoms with van der Waals surface area (Å²) < 4.78 is 5.23. The fraction of sp³-hybridized carbons (Fsp3) is 0.846. The number of rotatable bonds is 8. The largest absolute Gasteiger partial charge is 0.481 e. The van der Waals surface area contributed by atoms with E-state index >= 15 is 0 Å². The highest BCUT2D eigenvalue weighted by Gasteiger charge is 2.32. The summed E-state index contributed by atoms with van der Waals surface area (Å²) in [5.74, 6) is -0.996. The van der Waals surface area contributed by atoms with E-state index in [-0.39, 0.29) is 17.7 Å². The maximum Gasteiger partial charge on any atom is 0.306 e. The van der Waals surface area contributed by atoms with Crippen LogP contribution in [0.25, 0.3) is 0 Å². The minimum Gasteiger partial charge on any atom is -0.481 e. The molecule has 1 aliphatic carbocycles. The Hall–Kier alpha value is -1.10. The highest BCUT2D eigenvalue weighted by molar-refractivity contribution is 5.76. The van der Waals surface area contributed by atoms with Crippen LogP contribution < -0.4 is 5.32 Å². The van der Waals surface area contributed by atoms with Crippen molar-refractivity contribution in [1.29, 1.82) is 0 Å². The van der Waals surface area contributed by atoms with Crippen LogP contribution in [-0.4, -0.2) is 36.7 Å². The summed E-state index contributed by atoms with van der Waals surface area (Å²) in [5.41, 5.74) is 0. The van der Waals surface area contributed by atoms with Crippen molar-refractivity contribution in [2.75, 3.05) is 19.8 Å². The second-order valence-electron chi connectivity index (χ2n) is 4.80. The standard InChI is InChI=1S/C13H23NO4/c1-2-7-18-8-6-12(15)14-9-10-4-3-5-11(10)13(16)17/h10-11H,2-9H2,1H3,(H,14,15)(H,16,17). The first-order chi connectivity index (χ1) is 8.65. The molecule has 0 heterocycles. The second kappa shape index (κ2) is 8.08. The summed E-state index contributed by atoms with van der Waals surface area (Å²) in [6.45, 7) is 3.61. The first-order valence-corrected chi connectivity index (χ1v) is 6.72. The van der Waals surface area contributed by atoms with Gasteiger partial charge < -0.3 is 15.2 Å². The van der Waals surface area contributed by atoms with Gasteiger partial charge in [0.2, 0.25) is 5.91 Å². The van der Waals surface area contributed by atoms with Crippen molar-refractivity contribution in [1.82, 2.24) is 5.32 Å². The van der Waals surface area contributed by atoms with Gasteiger partial charge in [-0.2, -0.15) is 0 Å². The molecular weight excluding hydrogens is 234 g/mol. The molecule has 1 aliphatic rings. The third-order valence-corrected chi connectivity index (χ3v) is 3.36. The van der Waals surface area contributed by atoms with Crippen LogP contribution >= 0.6 is 0 Å². The van der Waals surface area contributed by atoms with Crippen LogP contribution in [0.5, 0.6) is 0 Å². The Balaban J connectivity index is 2.15. The highest BCUT2D eigenvalue weighted by atomic mass is 16.5. The van der Waals surface area contributed by atoms with Crippen LogP contribution in [0, 0.1) is 11.8 Å². The molecule has 0 saturated heterocycles. The van der Waals surface area contributed by atoms with E-state index in [0.29, 0.717) is 26.2 Å². The number of amides is 1. The normalized spacial score (nSPS) is 22.9. The minimum atomic E-state index is -0.738. The summed E-state index contributed by atoms with van der Waals surface area (Å²) in [7, 11) is 0. The number of carbonyl (C=O) groups is 2. The van der Waals surface area contributed by atoms with Crippen LogP contribution in [0.2, 0.25) is 0 Å². The lowest BCUT2D eigenvalue weighted by molar-refractivity contribution is -0.143. The van der Waals surface area contributed by atoms with Crippen molar-refractivity contribution in [2.45, 2.75) is 39.0 Å². The summed E-state index contributed by atoms with van der Waals surface area (Å²) in [5, 5.41) is 11.8. The monoisotopic (exact) mass is 257 g/mol. The number of hydrogen-bond donors (Lipinski definition) is 2. The maximum atomic E-state index is 11.5. The predicted octanol–water partition coefficient (Wildman–Crippen LogP) is 1.42. The summed E-state index contributed by atoms with van der Waals surface area (Å²) in [4.78, 5) is 22.5. The first-order valence-electron chi connectivity index (χ1n) is 6.72. The SMILES string of the molecule is CCCOCCC(=O)NCC1CCCC1C(=O)O. The molecule has 0 aromatic rings. The van der Waals surface area contributed by atoms with E-state index in [1.54, 1.807) is 0 Å². The molecule has 1 amide bonds. The van der Waals surface area contributed by atoms with E-state index in [9.17, 15) is 9.59 Å². The quantitative estimate of drug-likeness (QED) is 0.645. The highest BCUT2D eigenvalue weighted by Crippen LogP contribution is 2.31. The van der Waals surface area contributed by atoms with Crippen molar-refractivity contribution in [3.8, 4) is 0 Å². The lowest BCUT2D eigenvalue weighted by Gasteiger charge is -2.16. The molecule has 0 aromatic carbocycles. The number of carbonyl (C=O) groups excluding carboxylic acids is 1. The van der Waals surface area contributed by atoms with Gasteiger partial charge in [0.1, 0.15) is 0 Å². The number of carboxylic acid groups (broad SMARTS) is 1. The van der Waals surface area contributed by atoms with E-state index in [2.05, 4.69) is 5.32 Å². The lowest BCUT2D eigenvalue weighted by Crippen LogP contribution is -2.33. The zero-order valence-electron chi connectivity index (χ0n) is 11.0. The van der Waals surface area contributed by atoms with E-state index in [0.717, 1.165) is 25.7 Å². The zero-order valence-corrected chi connectivity index (χ0v) is 11.0. The number of ether oxygens (including phenoxy) is 1. The number of carboxylic acids is 1. The zero-order chi connectivity index (χ0) is 13.4. The topological polar surface area (TPSA) is 75.6 Å². The third-order valence-electron chi connectivity index (χ3n) is 3.36. The van der Waals surface area contributed by atoms with Crippen molar-refractivity contribution in [3.63, 3.8) is 0 Å². The Morgan fingerprint density at radius 2 is 2.11 bits per heavy atom.